The van der Waals surface area contributed by atoms with Crippen LogP contribution in [0.2, 0.25) is 0 Å². The second kappa shape index (κ2) is 6.31. The minimum atomic E-state index is -3.43. The SMILES string of the molecule is Cc1ccc(S(=O)(=O)N2C[C@H]3C[C@H](NC(=O)C4[C@H]5CCCC[C@H]45)[C@H]3C2)cc1. The van der Waals surface area contributed by atoms with E-state index in [2.05, 4.69) is 5.32 Å². The Balaban J connectivity index is 1.21. The zero-order valence-corrected chi connectivity index (χ0v) is 16.6. The van der Waals surface area contributed by atoms with Crippen LogP contribution in [0.15, 0.2) is 29.2 Å². The number of hydrogen-bond donors (Lipinski definition) is 1. The van der Waals surface area contributed by atoms with E-state index in [0.717, 1.165) is 12.0 Å². The summed E-state index contributed by atoms with van der Waals surface area (Å²) in [5, 5.41) is 3.26. The van der Waals surface area contributed by atoms with E-state index in [0.29, 0.717) is 35.7 Å². The molecule has 1 heterocycles. The van der Waals surface area contributed by atoms with Crippen molar-refractivity contribution in [3.63, 3.8) is 0 Å². The van der Waals surface area contributed by atoms with Crippen LogP contribution in [0.4, 0.5) is 0 Å². The van der Waals surface area contributed by atoms with Crippen LogP contribution >= 0.6 is 0 Å². The number of aryl methyl sites for hydroxylation is 1. The summed E-state index contributed by atoms with van der Waals surface area (Å²) in [4.78, 5) is 13.0. The smallest absolute Gasteiger partial charge is 0.243 e. The Morgan fingerprint density at radius 3 is 2.37 bits per heavy atom. The Bertz CT molecular complexity index is 839. The molecule has 0 unspecified atom stereocenters. The van der Waals surface area contributed by atoms with Gasteiger partial charge in [0.25, 0.3) is 0 Å². The fourth-order valence-corrected chi connectivity index (χ4v) is 7.28. The largest absolute Gasteiger partial charge is 0.353 e. The van der Waals surface area contributed by atoms with Gasteiger partial charge >= 0.3 is 0 Å². The lowest BCUT2D eigenvalue weighted by atomic mass is 9.71. The zero-order chi connectivity index (χ0) is 18.8. The van der Waals surface area contributed by atoms with Gasteiger partial charge in [0.2, 0.25) is 15.9 Å². The Hall–Kier alpha value is -1.40. The molecule has 1 N–H and O–H groups in total. The van der Waals surface area contributed by atoms with Crippen LogP contribution in [0.1, 0.15) is 37.7 Å². The minimum absolute atomic E-state index is 0.156. The molecule has 0 radical (unpaired) electrons. The second-order valence-electron chi connectivity index (χ2n) is 9.05. The van der Waals surface area contributed by atoms with E-state index in [1.54, 1.807) is 16.4 Å². The Labute approximate surface area is 161 Å². The summed E-state index contributed by atoms with van der Waals surface area (Å²) in [6.45, 7) is 3.07. The third-order valence-electron chi connectivity index (χ3n) is 7.48. The van der Waals surface area contributed by atoms with Crippen molar-refractivity contribution in [2.75, 3.05) is 13.1 Å². The van der Waals surface area contributed by atoms with E-state index in [-0.39, 0.29) is 23.8 Å². The first kappa shape index (κ1) is 17.7. The maximum atomic E-state index is 12.9. The molecule has 4 aliphatic rings. The first-order chi connectivity index (χ1) is 12.9. The maximum Gasteiger partial charge on any atom is 0.243 e. The van der Waals surface area contributed by atoms with Crippen LogP contribution in [0.3, 0.4) is 0 Å². The first-order valence-electron chi connectivity index (χ1n) is 10.3. The number of hydrogen-bond acceptors (Lipinski definition) is 3. The molecule has 0 bridgehead atoms. The number of rotatable bonds is 4. The summed E-state index contributed by atoms with van der Waals surface area (Å²) in [7, 11) is -3.43. The summed E-state index contributed by atoms with van der Waals surface area (Å²) in [5.74, 6) is 2.37. The van der Waals surface area contributed by atoms with Crippen molar-refractivity contribution >= 4 is 15.9 Å². The molecular formula is C21H28N2O3S. The molecule has 27 heavy (non-hydrogen) atoms. The van der Waals surface area contributed by atoms with Crippen LogP contribution in [-0.2, 0) is 14.8 Å². The molecule has 1 aliphatic heterocycles. The van der Waals surface area contributed by atoms with Crippen LogP contribution in [0.5, 0.6) is 0 Å². The number of sulfonamides is 1. The molecule has 5 nitrogen and oxygen atoms in total. The van der Waals surface area contributed by atoms with Gasteiger partial charge in [-0.2, -0.15) is 4.31 Å². The highest BCUT2D eigenvalue weighted by Crippen LogP contribution is 2.55. The lowest BCUT2D eigenvalue weighted by molar-refractivity contribution is -0.125. The molecule has 1 saturated heterocycles. The predicted octanol–water partition coefficient (Wildman–Crippen LogP) is 2.56. The van der Waals surface area contributed by atoms with E-state index in [1.807, 2.05) is 19.1 Å². The molecule has 5 atom stereocenters. The Morgan fingerprint density at radius 1 is 1.04 bits per heavy atom. The topological polar surface area (TPSA) is 66.5 Å². The highest BCUT2D eigenvalue weighted by Gasteiger charge is 2.57. The van der Waals surface area contributed by atoms with Gasteiger partial charge in [-0.1, -0.05) is 30.5 Å². The van der Waals surface area contributed by atoms with Crippen molar-refractivity contribution in [3.05, 3.63) is 29.8 Å². The molecular weight excluding hydrogens is 360 g/mol. The van der Waals surface area contributed by atoms with E-state index in [9.17, 15) is 13.2 Å². The fourth-order valence-electron chi connectivity index (χ4n) is 5.75. The maximum absolute atomic E-state index is 12.9. The normalized spacial score (nSPS) is 37.8. The molecule has 1 aromatic carbocycles. The molecule has 6 heteroatoms. The molecule has 3 saturated carbocycles. The molecule has 3 aliphatic carbocycles. The quantitative estimate of drug-likeness (QED) is 0.862. The molecule has 4 fully saturated rings. The summed E-state index contributed by atoms with van der Waals surface area (Å²) in [5.41, 5.74) is 1.05. The molecule has 0 spiro atoms. The first-order valence-corrected chi connectivity index (χ1v) is 11.8. The van der Waals surface area contributed by atoms with E-state index in [4.69, 9.17) is 0 Å². The Kier molecular flexibility index (Phi) is 4.13. The van der Waals surface area contributed by atoms with Crippen molar-refractivity contribution < 1.29 is 13.2 Å². The third-order valence-corrected chi connectivity index (χ3v) is 9.32. The van der Waals surface area contributed by atoms with E-state index < -0.39 is 10.0 Å². The lowest BCUT2D eigenvalue weighted by Gasteiger charge is -2.39. The minimum Gasteiger partial charge on any atom is -0.353 e. The number of amides is 1. The number of carbonyl (C=O) groups is 1. The monoisotopic (exact) mass is 388 g/mol. The molecule has 0 aromatic heterocycles. The summed E-state index contributed by atoms with van der Waals surface area (Å²) < 4.78 is 27.5. The summed E-state index contributed by atoms with van der Waals surface area (Å²) in [6, 6.07) is 7.23. The molecule has 146 valence electrons. The van der Waals surface area contributed by atoms with E-state index >= 15 is 0 Å². The predicted molar refractivity (Wildman–Crippen MR) is 102 cm³/mol. The standard InChI is InChI=1S/C21H28N2O3S/c1-13-6-8-15(9-7-13)27(25,26)23-11-14-10-19(18(14)12-23)22-21(24)20-16-4-2-3-5-17(16)20/h6-9,14,16-20H,2-5,10-12H2,1H3,(H,22,24)/t14-,16+,17+,18+,19+/m1/s1. The van der Waals surface area contributed by atoms with Crippen molar-refractivity contribution in [2.24, 2.45) is 29.6 Å². The number of carbonyl (C=O) groups excluding carboxylic acids is 1. The van der Waals surface area contributed by atoms with Crippen LogP contribution < -0.4 is 5.32 Å². The van der Waals surface area contributed by atoms with Crippen molar-refractivity contribution in [2.45, 2.75) is 50.0 Å². The van der Waals surface area contributed by atoms with Gasteiger partial charge in [-0.05, 0) is 62.0 Å². The molecule has 1 amide bonds. The van der Waals surface area contributed by atoms with Crippen molar-refractivity contribution in [1.29, 1.82) is 0 Å². The summed E-state index contributed by atoms with van der Waals surface area (Å²) in [6.07, 6.45) is 5.87. The van der Waals surface area contributed by atoms with Crippen LogP contribution in [-0.4, -0.2) is 37.8 Å². The highest BCUT2D eigenvalue weighted by atomic mass is 32.2. The van der Waals surface area contributed by atoms with Gasteiger partial charge in [-0.25, -0.2) is 8.42 Å². The van der Waals surface area contributed by atoms with Gasteiger partial charge in [0.05, 0.1) is 4.90 Å². The third kappa shape index (κ3) is 2.92. The Morgan fingerprint density at radius 2 is 1.70 bits per heavy atom. The van der Waals surface area contributed by atoms with Crippen molar-refractivity contribution in [1.82, 2.24) is 9.62 Å². The highest BCUT2D eigenvalue weighted by molar-refractivity contribution is 7.89. The van der Waals surface area contributed by atoms with Gasteiger partial charge in [0.1, 0.15) is 0 Å². The number of nitrogens with zero attached hydrogens (tertiary/aromatic N) is 1. The molecule has 1 aromatic rings. The molecule has 5 rings (SSSR count). The zero-order valence-electron chi connectivity index (χ0n) is 15.8. The van der Waals surface area contributed by atoms with Crippen LogP contribution in [0, 0.1) is 36.5 Å². The average molecular weight is 389 g/mol. The van der Waals surface area contributed by atoms with Gasteiger partial charge in [0, 0.05) is 25.0 Å². The average Bonchev–Trinajstić information content (AvgIpc) is 3.27. The van der Waals surface area contributed by atoms with Crippen molar-refractivity contribution in [3.8, 4) is 0 Å². The van der Waals surface area contributed by atoms with Gasteiger partial charge in [0.15, 0.2) is 0 Å². The van der Waals surface area contributed by atoms with Gasteiger partial charge < -0.3 is 5.32 Å². The number of fused-ring (bicyclic) bond motifs is 2. The number of benzene rings is 1. The summed E-state index contributed by atoms with van der Waals surface area (Å²) >= 11 is 0. The van der Waals surface area contributed by atoms with E-state index in [1.165, 1.54) is 25.7 Å². The lowest BCUT2D eigenvalue weighted by Crippen LogP contribution is -2.52. The number of nitrogens with one attached hydrogen (secondary N) is 1. The van der Waals surface area contributed by atoms with Crippen LogP contribution in [0.25, 0.3) is 0 Å². The van der Waals surface area contributed by atoms with Gasteiger partial charge in [-0.15, -0.1) is 0 Å². The second-order valence-corrected chi connectivity index (χ2v) is 11.0. The van der Waals surface area contributed by atoms with Gasteiger partial charge in [-0.3, -0.25) is 4.79 Å². The fraction of sp³-hybridized carbons (Fsp3) is 0.667.